The van der Waals surface area contributed by atoms with E-state index in [9.17, 15) is 22.8 Å². The van der Waals surface area contributed by atoms with Gasteiger partial charge in [-0.05, 0) is 42.8 Å². The number of fused-ring (bicyclic) bond motifs is 1. The van der Waals surface area contributed by atoms with Gasteiger partial charge in [-0.15, -0.1) is 5.10 Å². The normalized spacial score (nSPS) is 15.5. The topological polar surface area (TPSA) is 119 Å². The second-order valence-electron chi connectivity index (χ2n) is 7.76. The van der Waals surface area contributed by atoms with Crippen molar-refractivity contribution >= 4 is 29.6 Å². The molecule has 13 heteroatoms. The Bertz CT molecular complexity index is 1450. The van der Waals surface area contributed by atoms with Crippen LogP contribution in [0.3, 0.4) is 0 Å². The van der Waals surface area contributed by atoms with Crippen LogP contribution < -0.4 is 15.7 Å². The lowest BCUT2D eigenvalue weighted by atomic mass is 9.94. The number of ether oxygens (including phenoxy) is 1. The quantitative estimate of drug-likeness (QED) is 0.403. The van der Waals surface area contributed by atoms with Crippen LogP contribution in [-0.4, -0.2) is 27.4 Å². The minimum Gasteiger partial charge on any atom is -0.466 e. The van der Waals surface area contributed by atoms with E-state index in [0.29, 0.717) is 11.1 Å². The van der Waals surface area contributed by atoms with Crippen LogP contribution in [0, 0.1) is 11.3 Å². The van der Waals surface area contributed by atoms with Crippen LogP contribution in [0.25, 0.3) is 0 Å². The largest absolute Gasteiger partial charge is 0.466 e. The highest BCUT2D eigenvalue weighted by molar-refractivity contribution is 7.96. The van der Waals surface area contributed by atoms with Gasteiger partial charge in [-0.2, -0.15) is 23.1 Å². The summed E-state index contributed by atoms with van der Waals surface area (Å²) in [6.45, 7) is 1.54. The van der Waals surface area contributed by atoms with Gasteiger partial charge in [0.1, 0.15) is 11.9 Å². The second-order valence-corrected chi connectivity index (χ2v) is 8.35. The molecule has 1 unspecified atom stereocenters. The summed E-state index contributed by atoms with van der Waals surface area (Å²) in [5.41, 5.74) is -0.421. The van der Waals surface area contributed by atoms with E-state index < -0.39 is 29.4 Å². The van der Waals surface area contributed by atoms with Crippen LogP contribution in [0.4, 0.5) is 24.8 Å². The van der Waals surface area contributed by atoms with E-state index in [0.717, 1.165) is 28.8 Å². The highest BCUT2D eigenvalue weighted by atomic mass is 32.2. The first kappa shape index (κ1) is 25.1. The maximum Gasteiger partial charge on any atom is 0.416 e. The molecule has 0 spiro atoms. The minimum atomic E-state index is -4.62. The molecule has 2 heterocycles. The van der Waals surface area contributed by atoms with Gasteiger partial charge in [0, 0.05) is 11.4 Å². The summed E-state index contributed by atoms with van der Waals surface area (Å²) < 4.78 is 47.7. The van der Waals surface area contributed by atoms with Crippen molar-refractivity contribution in [2.45, 2.75) is 25.0 Å². The second kappa shape index (κ2) is 9.56. The predicted octanol–water partition coefficient (Wildman–Crippen LogP) is 3.69. The number of anilines is 2. The molecule has 0 bridgehead atoms. The lowest BCUT2D eigenvalue weighted by molar-refractivity contribution is -0.138. The number of hydrogen-bond acceptors (Lipinski definition) is 8. The Kier molecular flexibility index (Phi) is 6.66. The van der Waals surface area contributed by atoms with Crippen molar-refractivity contribution in [2.75, 3.05) is 12.0 Å². The molecule has 4 rings (SSSR count). The molecule has 2 aromatic carbocycles. The number of allylic oxidation sites excluding steroid dienone is 1. The maximum absolute atomic E-state index is 13.5. The van der Waals surface area contributed by atoms with Crippen molar-refractivity contribution in [3.63, 3.8) is 0 Å². The fourth-order valence-electron chi connectivity index (χ4n) is 4.09. The molecule has 2 N–H and O–H groups in total. The van der Waals surface area contributed by atoms with Gasteiger partial charge >= 0.3 is 17.8 Å². The molecule has 1 aliphatic rings. The first-order valence-electron chi connectivity index (χ1n) is 10.4. The van der Waals surface area contributed by atoms with Crippen LogP contribution >= 0.6 is 11.9 Å². The Labute approximate surface area is 207 Å². The maximum atomic E-state index is 13.5. The Morgan fingerprint density at radius 3 is 2.53 bits per heavy atom. The smallest absolute Gasteiger partial charge is 0.416 e. The van der Waals surface area contributed by atoms with Crippen molar-refractivity contribution in [1.29, 1.82) is 5.26 Å². The average Bonchev–Trinajstić information content (AvgIpc) is 3.18. The zero-order chi connectivity index (χ0) is 26.2. The van der Waals surface area contributed by atoms with Crippen LogP contribution in [0.2, 0.25) is 0 Å². The van der Waals surface area contributed by atoms with Crippen LogP contribution in [0.1, 0.15) is 29.7 Å². The number of esters is 1. The summed E-state index contributed by atoms with van der Waals surface area (Å²) in [6.07, 6.45) is -4.62. The number of methoxy groups -OCH3 is 1. The summed E-state index contributed by atoms with van der Waals surface area (Å²) in [6, 6.07) is 11.7. The Balaban J connectivity index is 2.05. The third-order valence-electron chi connectivity index (χ3n) is 5.70. The predicted molar refractivity (Wildman–Crippen MR) is 126 cm³/mol. The highest BCUT2D eigenvalue weighted by Crippen LogP contribution is 2.43. The van der Waals surface area contributed by atoms with E-state index >= 15 is 0 Å². The molecule has 0 fully saturated rings. The molecular formula is C23H19F3N6O3S. The molecule has 1 aliphatic heterocycles. The molecular weight excluding hydrogens is 497 g/mol. The first-order valence-corrected chi connectivity index (χ1v) is 11.4. The number of rotatable bonds is 5. The molecule has 0 saturated carbocycles. The van der Waals surface area contributed by atoms with Gasteiger partial charge in [-0.25, -0.2) is 14.2 Å². The van der Waals surface area contributed by atoms with Gasteiger partial charge in [0.2, 0.25) is 5.95 Å². The number of nitrogens with zero attached hydrogens (tertiary/aromatic N) is 5. The van der Waals surface area contributed by atoms with Crippen molar-refractivity contribution in [1.82, 2.24) is 14.3 Å². The number of benzene rings is 2. The first-order chi connectivity index (χ1) is 17.1. The number of carbonyl (C=O) groups excluding carboxylic acids is 1. The van der Waals surface area contributed by atoms with Crippen molar-refractivity contribution < 1.29 is 22.7 Å². The molecule has 0 saturated heterocycles. The number of carbonyl (C=O) groups is 1. The van der Waals surface area contributed by atoms with Crippen molar-refractivity contribution in [3.8, 4) is 6.07 Å². The van der Waals surface area contributed by atoms with E-state index in [1.807, 2.05) is 6.07 Å². The zero-order valence-corrected chi connectivity index (χ0v) is 19.8. The number of halogens is 3. The summed E-state index contributed by atoms with van der Waals surface area (Å²) >= 11 is 0.828. The van der Waals surface area contributed by atoms with Gasteiger partial charge in [0.05, 0.1) is 29.9 Å². The fourth-order valence-corrected chi connectivity index (χ4v) is 4.40. The molecule has 36 heavy (non-hydrogen) atoms. The number of nitriles is 1. The minimum absolute atomic E-state index is 0.00659. The molecule has 9 nitrogen and oxygen atoms in total. The van der Waals surface area contributed by atoms with Gasteiger partial charge in [0.25, 0.3) is 0 Å². The zero-order valence-electron chi connectivity index (χ0n) is 19.0. The number of aromatic nitrogens is 3. The molecule has 0 aliphatic carbocycles. The standard InChI is InChI=1S/C23H19F3N6O3S/c1-13-18(20(33)35-2)19(15-8-6-14(11-27)7-9-15)32-21(29-30(12-36-28)22(32)34)31(13)17-5-3-4-16(10-17)23(24,25)26/h3-10,19H,12,28H2,1-2H3. The average molecular weight is 517 g/mol. The van der Waals surface area contributed by atoms with Crippen LogP contribution in [-0.2, 0) is 21.6 Å². The van der Waals surface area contributed by atoms with E-state index in [-0.39, 0.29) is 28.8 Å². The van der Waals surface area contributed by atoms with E-state index in [1.165, 1.54) is 47.8 Å². The molecule has 0 amide bonds. The Hall–Kier alpha value is -4.02. The fraction of sp³-hybridized carbons (Fsp3) is 0.217. The molecule has 186 valence electrons. The summed E-state index contributed by atoms with van der Waals surface area (Å²) in [7, 11) is 1.17. The number of alkyl halides is 3. The summed E-state index contributed by atoms with van der Waals surface area (Å²) in [4.78, 5) is 27.8. The molecule has 1 atom stereocenters. The molecule has 0 radical (unpaired) electrons. The SMILES string of the molecule is COC(=O)C1=C(C)N(c2cccc(C(F)(F)F)c2)c2nn(CSN)c(=O)n2C1c1ccc(C#N)cc1. The van der Waals surface area contributed by atoms with Crippen molar-refractivity contribution in [2.24, 2.45) is 5.14 Å². The lowest BCUT2D eigenvalue weighted by Gasteiger charge is -2.35. The molecule has 1 aromatic heterocycles. The monoisotopic (exact) mass is 516 g/mol. The lowest BCUT2D eigenvalue weighted by Crippen LogP contribution is -2.38. The number of hydrogen-bond donors (Lipinski definition) is 1. The van der Waals surface area contributed by atoms with E-state index in [1.54, 1.807) is 12.1 Å². The summed E-state index contributed by atoms with van der Waals surface area (Å²) in [5, 5.41) is 19.1. The highest BCUT2D eigenvalue weighted by Gasteiger charge is 2.41. The van der Waals surface area contributed by atoms with Crippen LogP contribution in [0.15, 0.2) is 64.6 Å². The van der Waals surface area contributed by atoms with Crippen molar-refractivity contribution in [3.05, 3.63) is 87.0 Å². The Morgan fingerprint density at radius 2 is 1.94 bits per heavy atom. The van der Waals surface area contributed by atoms with Gasteiger partial charge in [-0.3, -0.25) is 10.0 Å². The van der Waals surface area contributed by atoms with Gasteiger partial charge in [-0.1, -0.05) is 30.1 Å². The van der Waals surface area contributed by atoms with Crippen LogP contribution in [0.5, 0.6) is 0 Å². The van der Waals surface area contributed by atoms with Gasteiger partial charge < -0.3 is 4.74 Å². The van der Waals surface area contributed by atoms with Gasteiger partial charge in [0.15, 0.2) is 0 Å². The molecule has 3 aromatic rings. The van der Waals surface area contributed by atoms with E-state index in [4.69, 9.17) is 15.1 Å². The number of nitrogens with two attached hydrogens (primary N) is 1. The third kappa shape index (κ3) is 4.25. The van der Waals surface area contributed by atoms with E-state index in [2.05, 4.69) is 5.10 Å². The Morgan fingerprint density at radius 1 is 1.25 bits per heavy atom. The summed E-state index contributed by atoms with van der Waals surface area (Å²) in [5.74, 6) is -0.827. The third-order valence-corrected chi connectivity index (χ3v) is 6.09.